The first-order chi connectivity index (χ1) is 20.2. The molecule has 4 bridgehead atoms. The minimum Gasteiger partial charge on any atom is -0.490 e. The molecule has 3 aliphatic heterocycles. The molecule has 9 heteroatoms. The van der Waals surface area contributed by atoms with Gasteiger partial charge in [0.25, 0.3) is 5.91 Å². The molecule has 3 heterocycles. The minimum absolute atomic E-state index is 0.0611. The molecule has 1 amide bonds. The van der Waals surface area contributed by atoms with Crippen molar-refractivity contribution in [2.24, 2.45) is 11.8 Å². The Morgan fingerprint density at radius 3 is 2.86 bits per heavy atom. The normalized spacial score (nSPS) is 36.5. The second-order valence-electron chi connectivity index (χ2n) is 13.1. The standard InChI is InChI=1S/C33H41ClN2O5S/c1-21-18-40-26-11-13-39-31(16-26)27-8-5-24(27)17-36-19-33(12-3-4-22-14-25(34)7-9-28(22)33)20-41-30-10-6-23(15-29(30)36)32(37)35-42(21,2)38/h6-7,9-10,14-15,21,24,26-27,31H,2-5,8,11-13,16-20H2,1H3,(H,35,37,38)/t21-,24+,26+,27-,31-,33+,42?/m1/s1. The highest BCUT2D eigenvalue weighted by molar-refractivity contribution is 7.99. The van der Waals surface area contributed by atoms with Crippen LogP contribution in [0.2, 0.25) is 5.02 Å². The number of benzene rings is 2. The van der Waals surface area contributed by atoms with Gasteiger partial charge < -0.3 is 19.1 Å². The number of hydrogen-bond acceptors (Lipinski definition) is 6. The Hall–Kier alpha value is -2.26. The number of fused-ring (bicyclic) bond motifs is 7. The van der Waals surface area contributed by atoms with Gasteiger partial charge in [0.1, 0.15) is 5.75 Å². The molecule has 7 rings (SSSR count). The van der Waals surface area contributed by atoms with Gasteiger partial charge in [-0.15, -0.1) is 0 Å². The summed E-state index contributed by atoms with van der Waals surface area (Å²) in [5.41, 5.74) is 3.82. The molecule has 0 aromatic heterocycles. The summed E-state index contributed by atoms with van der Waals surface area (Å²) in [4.78, 5) is 15.9. The average molecular weight is 613 g/mol. The summed E-state index contributed by atoms with van der Waals surface area (Å²) in [6, 6.07) is 11.9. The lowest BCUT2D eigenvalue weighted by atomic mass is 9.67. The molecule has 2 aliphatic carbocycles. The van der Waals surface area contributed by atoms with Gasteiger partial charge in [0.15, 0.2) is 0 Å². The maximum atomic E-state index is 13.5. The van der Waals surface area contributed by atoms with Gasteiger partial charge in [-0.05, 0) is 105 Å². The second-order valence-corrected chi connectivity index (χ2v) is 16.0. The van der Waals surface area contributed by atoms with Crippen molar-refractivity contribution in [2.45, 2.75) is 74.7 Å². The monoisotopic (exact) mass is 612 g/mol. The summed E-state index contributed by atoms with van der Waals surface area (Å²) in [5, 5.41) is 0.347. The summed E-state index contributed by atoms with van der Waals surface area (Å²) >= 11 is 6.42. The number of nitrogens with zero attached hydrogens (tertiary/aromatic N) is 1. The van der Waals surface area contributed by atoms with Gasteiger partial charge in [-0.3, -0.25) is 9.52 Å². The zero-order valence-corrected chi connectivity index (χ0v) is 25.9. The van der Waals surface area contributed by atoms with E-state index in [1.807, 2.05) is 25.1 Å². The molecule has 42 heavy (non-hydrogen) atoms. The zero-order chi connectivity index (χ0) is 29.1. The Morgan fingerprint density at radius 1 is 1.14 bits per heavy atom. The number of amides is 1. The highest BCUT2D eigenvalue weighted by Gasteiger charge is 2.45. The summed E-state index contributed by atoms with van der Waals surface area (Å²) in [5.74, 6) is 5.26. The van der Waals surface area contributed by atoms with Crippen LogP contribution in [0.1, 0.15) is 66.9 Å². The van der Waals surface area contributed by atoms with Crippen molar-refractivity contribution in [3.8, 4) is 5.75 Å². The molecule has 0 radical (unpaired) electrons. The molecule has 2 aromatic carbocycles. The smallest absolute Gasteiger partial charge is 0.262 e. The van der Waals surface area contributed by atoms with E-state index in [-0.39, 0.29) is 30.1 Å². The fraction of sp³-hybridized carbons (Fsp3) is 0.576. The first kappa shape index (κ1) is 28.5. The van der Waals surface area contributed by atoms with Gasteiger partial charge in [-0.1, -0.05) is 17.7 Å². The van der Waals surface area contributed by atoms with Crippen LogP contribution < -0.4 is 14.4 Å². The quantitative estimate of drug-likeness (QED) is 0.414. The van der Waals surface area contributed by atoms with Crippen molar-refractivity contribution < 1.29 is 23.2 Å². The van der Waals surface area contributed by atoms with Crippen molar-refractivity contribution >= 4 is 38.8 Å². The second kappa shape index (κ2) is 11.0. The van der Waals surface area contributed by atoms with E-state index < -0.39 is 15.0 Å². The Morgan fingerprint density at radius 2 is 2.02 bits per heavy atom. The molecule has 1 saturated carbocycles. The van der Waals surface area contributed by atoms with Crippen molar-refractivity contribution in [3.63, 3.8) is 0 Å². The lowest BCUT2D eigenvalue weighted by Gasteiger charge is -2.48. The largest absolute Gasteiger partial charge is 0.490 e. The van der Waals surface area contributed by atoms with Crippen LogP contribution in [0, 0.1) is 11.8 Å². The summed E-state index contributed by atoms with van der Waals surface area (Å²) < 4.78 is 35.5. The van der Waals surface area contributed by atoms with E-state index in [9.17, 15) is 9.00 Å². The van der Waals surface area contributed by atoms with E-state index in [0.717, 1.165) is 74.5 Å². The van der Waals surface area contributed by atoms with Crippen molar-refractivity contribution in [2.75, 3.05) is 37.8 Å². The van der Waals surface area contributed by atoms with Crippen LogP contribution in [0.4, 0.5) is 5.69 Å². The number of halogens is 1. The van der Waals surface area contributed by atoms with E-state index in [4.69, 9.17) is 25.8 Å². The van der Waals surface area contributed by atoms with Gasteiger partial charge >= 0.3 is 0 Å². The summed E-state index contributed by atoms with van der Waals surface area (Å²) in [6.07, 6.45) is 7.33. The number of anilines is 1. The predicted molar refractivity (Wildman–Crippen MR) is 167 cm³/mol. The number of aryl methyl sites for hydroxylation is 1. The molecule has 1 unspecified atom stereocenters. The molecule has 5 aliphatic rings. The molecule has 7 nitrogen and oxygen atoms in total. The molecule has 1 N–H and O–H groups in total. The van der Waals surface area contributed by atoms with E-state index in [1.54, 1.807) is 6.07 Å². The fourth-order valence-electron chi connectivity index (χ4n) is 7.79. The molecule has 226 valence electrons. The Kier molecular flexibility index (Phi) is 7.48. The Labute approximate surface area is 254 Å². The molecular formula is C33H41ClN2O5S. The predicted octanol–water partition coefficient (Wildman–Crippen LogP) is 5.17. The van der Waals surface area contributed by atoms with Crippen LogP contribution in [0.25, 0.3) is 0 Å². The third-order valence-corrected chi connectivity index (χ3v) is 12.7. The molecule has 1 spiro atoms. The van der Waals surface area contributed by atoms with Gasteiger partial charge in [-0.25, -0.2) is 4.21 Å². The summed E-state index contributed by atoms with van der Waals surface area (Å²) in [6.45, 7) is 5.03. The zero-order valence-electron chi connectivity index (χ0n) is 24.3. The topological polar surface area (TPSA) is 77.1 Å². The van der Waals surface area contributed by atoms with Gasteiger partial charge in [-0.2, -0.15) is 0 Å². The molecular weight excluding hydrogens is 572 g/mol. The Balaban J connectivity index is 1.29. The maximum absolute atomic E-state index is 13.5. The average Bonchev–Trinajstić information content (AvgIpc) is 3.10. The van der Waals surface area contributed by atoms with E-state index in [2.05, 4.69) is 27.6 Å². The molecule has 7 atom stereocenters. The fourth-order valence-corrected chi connectivity index (χ4v) is 8.92. The minimum atomic E-state index is -2.93. The van der Waals surface area contributed by atoms with Crippen molar-refractivity contribution in [1.82, 2.24) is 4.72 Å². The third-order valence-electron chi connectivity index (χ3n) is 10.5. The van der Waals surface area contributed by atoms with Gasteiger partial charge in [0.05, 0.1) is 46.1 Å². The van der Waals surface area contributed by atoms with Crippen LogP contribution >= 0.6 is 11.6 Å². The van der Waals surface area contributed by atoms with Gasteiger partial charge in [0.2, 0.25) is 0 Å². The van der Waals surface area contributed by atoms with Crippen LogP contribution in [0.3, 0.4) is 0 Å². The van der Waals surface area contributed by atoms with Crippen molar-refractivity contribution in [3.05, 3.63) is 58.1 Å². The van der Waals surface area contributed by atoms with Crippen LogP contribution in [-0.4, -0.2) is 66.4 Å². The molecule has 2 fully saturated rings. The number of hydrogen-bond donors (Lipinski definition) is 1. The molecule has 1 saturated heterocycles. The number of nitrogens with one attached hydrogen (secondary N) is 1. The van der Waals surface area contributed by atoms with Crippen LogP contribution in [0.5, 0.6) is 5.75 Å². The molecule has 2 aromatic rings. The van der Waals surface area contributed by atoms with Crippen LogP contribution in [0.15, 0.2) is 36.4 Å². The van der Waals surface area contributed by atoms with Crippen LogP contribution in [-0.2, 0) is 31.0 Å². The lowest BCUT2D eigenvalue weighted by molar-refractivity contribution is -0.116. The highest BCUT2D eigenvalue weighted by Crippen LogP contribution is 2.47. The number of rotatable bonds is 0. The number of carbonyl (C=O) groups is 1. The summed E-state index contributed by atoms with van der Waals surface area (Å²) in [7, 11) is -2.93. The lowest BCUT2D eigenvalue weighted by Crippen LogP contribution is -2.51. The maximum Gasteiger partial charge on any atom is 0.262 e. The SMILES string of the molecule is C=S1(=O)NC(=O)c2ccc3c(c2)N(C[C@@H]2CC[C@H]2[C@H]2C[C@H](CCO2)OC[C@H]1C)C[C@@]1(CCCc2cc(Cl)ccc21)CO3. The van der Waals surface area contributed by atoms with Gasteiger partial charge in [0, 0.05) is 42.1 Å². The highest BCUT2D eigenvalue weighted by atomic mass is 35.5. The third kappa shape index (κ3) is 5.23. The van der Waals surface area contributed by atoms with E-state index in [0.29, 0.717) is 30.6 Å². The van der Waals surface area contributed by atoms with E-state index in [1.165, 1.54) is 11.1 Å². The first-order valence-electron chi connectivity index (χ1n) is 15.4. The Bertz CT molecular complexity index is 1480. The first-order valence-corrected chi connectivity index (χ1v) is 17.6. The van der Waals surface area contributed by atoms with E-state index >= 15 is 0 Å². The number of ether oxygens (including phenoxy) is 3. The van der Waals surface area contributed by atoms with Crippen molar-refractivity contribution in [1.29, 1.82) is 0 Å². The number of carbonyl (C=O) groups excluding carboxylic acids is 1.